The maximum atomic E-state index is 12.8. The number of amides is 2. The third kappa shape index (κ3) is 5.90. The Labute approximate surface area is 175 Å². The van der Waals surface area contributed by atoms with Gasteiger partial charge < -0.3 is 10.1 Å². The average Bonchev–Trinajstić information content (AvgIpc) is 2.87. The number of aryl methyl sites for hydroxylation is 1. The van der Waals surface area contributed by atoms with Gasteiger partial charge in [0.05, 0.1) is 18.6 Å². The fraction of sp³-hybridized carbons (Fsp3) is 0.409. The molecule has 1 aliphatic rings. The summed E-state index contributed by atoms with van der Waals surface area (Å²) in [5.41, 5.74) is 5.00. The lowest BCUT2D eigenvalue weighted by Crippen LogP contribution is -2.22. The first kappa shape index (κ1) is 21.0. The van der Waals surface area contributed by atoms with Gasteiger partial charge in [-0.2, -0.15) is 5.10 Å². The van der Waals surface area contributed by atoms with Crippen molar-refractivity contribution in [2.45, 2.75) is 52.4 Å². The molecule has 3 rings (SSSR count). The topological polar surface area (TPSA) is 79.8 Å². The number of hydrogen-bond donors (Lipinski definition) is 2. The molecule has 1 aromatic heterocycles. The monoisotopic (exact) mass is 413 g/mol. The molecule has 7 heteroatoms. The van der Waals surface area contributed by atoms with E-state index in [-0.39, 0.29) is 24.8 Å². The van der Waals surface area contributed by atoms with Crippen LogP contribution in [0.4, 0.5) is 5.00 Å². The van der Waals surface area contributed by atoms with Crippen LogP contribution < -0.4 is 15.5 Å². The number of rotatable bonds is 7. The second-order valence-electron chi connectivity index (χ2n) is 7.23. The Morgan fingerprint density at radius 1 is 1.10 bits per heavy atom. The Morgan fingerprint density at radius 3 is 2.62 bits per heavy atom. The zero-order valence-electron chi connectivity index (χ0n) is 16.9. The third-order valence-electron chi connectivity index (χ3n) is 4.62. The molecular formula is C22H27N3O3S. The summed E-state index contributed by atoms with van der Waals surface area (Å²) in [6.07, 6.45) is 5.34. The fourth-order valence-corrected chi connectivity index (χ4v) is 4.56. The van der Waals surface area contributed by atoms with Crippen LogP contribution in [0.15, 0.2) is 35.4 Å². The van der Waals surface area contributed by atoms with E-state index in [1.807, 2.05) is 44.2 Å². The van der Waals surface area contributed by atoms with Crippen LogP contribution >= 0.6 is 11.3 Å². The van der Waals surface area contributed by atoms with E-state index < -0.39 is 0 Å². The summed E-state index contributed by atoms with van der Waals surface area (Å²) < 4.78 is 5.60. The van der Waals surface area contributed by atoms with Crippen LogP contribution in [0, 0.1) is 0 Å². The summed E-state index contributed by atoms with van der Waals surface area (Å²) in [5.74, 6) is 0.305. The van der Waals surface area contributed by atoms with Crippen LogP contribution in [0.3, 0.4) is 0 Å². The number of fused-ring (bicyclic) bond motifs is 1. The van der Waals surface area contributed by atoms with Crippen LogP contribution in [-0.2, 0) is 17.6 Å². The fourth-order valence-electron chi connectivity index (χ4n) is 3.26. The van der Waals surface area contributed by atoms with Gasteiger partial charge in [0.1, 0.15) is 10.8 Å². The van der Waals surface area contributed by atoms with E-state index in [4.69, 9.17) is 4.74 Å². The van der Waals surface area contributed by atoms with Gasteiger partial charge in [-0.05, 0) is 57.2 Å². The Morgan fingerprint density at radius 2 is 1.86 bits per heavy atom. The summed E-state index contributed by atoms with van der Waals surface area (Å²) in [4.78, 5) is 26.5. The SMILES string of the molecule is CC(C)=NNC(=O)c1c(NC(=O)CCOc2ccccc2)sc2c1CCCCC2. The maximum absolute atomic E-state index is 12.8. The molecule has 0 atom stereocenters. The molecule has 1 aromatic carbocycles. The summed E-state index contributed by atoms with van der Waals surface area (Å²) in [7, 11) is 0. The number of carbonyl (C=O) groups excluding carboxylic acids is 2. The van der Waals surface area contributed by atoms with Gasteiger partial charge in [0, 0.05) is 10.6 Å². The molecule has 154 valence electrons. The maximum Gasteiger partial charge on any atom is 0.274 e. The zero-order chi connectivity index (χ0) is 20.6. The van der Waals surface area contributed by atoms with E-state index in [1.54, 1.807) is 0 Å². The number of carbonyl (C=O) groups is 2. The predicted molar refractivity (Wildman–Crippen MR) is 117 cm³/mol. The molecule has 1 heterocycles. The van der Waals surface area contributed by atoms with Gasteiger partial charge in [-0.3, -0.25) is 9.59 Å². The first-order valence-corrected chi connectivity index (χ1v) is 10.8. The summed E-state index contributed by atoms with van der Waals surface area (Å²) in [5, 5.41) is 7.59. The van der Waals surface area contributed by atoms with Gasteiger partial charge in [0.15, 0.2) is 0 Å². The van der Waals surface area contributed by atoms with Gasteiger partial charge in [-0.15, -0.1) is 11.3 Å². The van der Waals surface area contributed by atoms with Crippen LogP contribution in [0.5, 0.6) is 5.75 Å². The molecule has 6 nitrogen and oxygen atoms in total. The van der Waals surface area contributed by atoms with Crippen LogP contribution in [0.25, 0.3) is 0 Å². The Kier molecular flexibility index (Phi) is 7.41. The largest absolute Gasteiger partial charge is 0.493 e. The minimum atomic E-state index is -0.263. The molecule has 0 spiro atoms. The standard InChI is InChI=1S/C22H27N3O3S/c1-15(2)24-25-21(27)20-17-11-7-4-8-12-18(17)29-22(20)23-19(26)13-14-28-16-9-5-3-6-10-16/h3,5-6,9-10H,4,7-8,11-14H2,1-2H3,(H,23,26)(H,25,27). The number of anilines is 1. The molecule has 1 aliphatic carbocycles. The van der Waals surface area contributed by atoms with E-state index >= 15 is 0 Å². The Hall–Kier alpha value is -2.67. The summed E-state index contributed by atoms with van der Waals surface area (Å²) in [6.45, 7) is 3.93. The smallest absolute Gasteiger partial charge is 0.274 e. The van der Waals surface area contributed by atoms with Crippen molar-refractivity contribution in [1.82, 2.24) is 5.43 Å². The van der Waals surface area contributed by atoms with Crippen LogP contribution in [-0.4, -0.2) is 24.1 Å². The van der Waals surface area contributed by atoms with Gasteiger partial charge >= 0.3 is 0 Å². The second kappa shape index (κ2) is 10.2. The highest BCUT2D eigenvalue weighted by Gasteiger charge is 2.25. The quantitative estimate of drug-likeness (QED) is 0.397. The molecule has 0 aliphatic heterocycles. The van der Waals surface area contributed by atoms with E-state index in [0.717, 1.165) is 49.1 Å². The zero-order valence-corrected chi connectivity index (χ0v) is 17.7. The molecule has 0 unspecified atom stereocenters. The van der Waals surface area contributed by atoms with Crippen LogP contribution in [0.2, 0.25) is 0 Å². The minimum absolute atomic E-state index is 0.165. The van der Waals surface area contributed by atoms with E-state index in [0.29, 0.717) is 10.6 Å². The molecule has 29 heavy (non-hydrogen) atoms. The highest BCUT2D eigenvalue weighted by molar-refractivity contribution is 7.17. The van der Waals surface area contributed by atoms with Gasteiger partial charge in [0.25, 0.3) is 5.91 Å². The summed E-state index contributed by atoms with van der Waals surface area (Å²) >= 11 is 1.51. The molecule has 0 saturated heterocycles. The molecule has 0 bridgehead atoms. The average molecular weight is 414 g/mol. The van der Waals surface area contributed by atoms with Crippen molar-refractivity contribution in [3.8, 4) is 5.75 Å². The lowest BCUT2D eigenvalue weighted by atomic mass is 10.1. The lowest BCUT2D eigenvalue weighted by molar-refractivity contribution is -0.116. The molecule has 0 radical (unpaired) electrons. The normalized spacial score (nSPS) is 13.0. The number of benzene rings is 1. The van der Waals surface area contributed by atoms with Gasteiger partial charge in [-0.1, -0.05) is 24.6 Å². The highest BCUT2D eigenvalue weighted by Crippen LogP contribution is 2.37. The molecule has 0 fully saturated rings. The van der Waals surface area contributed by atoms with Crippen LogP contribution in [0.1, 0.15) is 60.3 Å². The predicted octanol–water partition coefficient (Wildman–Crippen LogP) is 4.55. The Balaban J connectivity index is 1.70. The molecule has 2 amide bonds. The van der Waals surface area contributed by atoms with Crippen molar-refractivity contribution in [3.05, 3.63) is 46.3 Å². The number of hydrazone groups is 1. The first-order chi connectivity index (χ1) is 14.0. The number of nitrogens with one attached hydrogen (secondary N) is 2. The van der Waals surface area contributed by atoms with Crippen molar-refractivity contribution in [1.29, 1.82) is 0 Å². The minimum Gasteiger partial charge on any atom is -0.493 e. The molecule has 2 N–H and O–H groups in total. The molecule has 0 saturated carbocycles. The second-order valence-corrected chi connectivity index (χ2v) is 8.33. The van der Waals surface area contributed by atoms with E-state index in [9.17, 15) is 9.59 Å². The number of nitrogens with zero attached hydrogens (tertiary/aromatic N) is 1. The van der Waals surface area contributed by atoms with Crippen molar-refractivity contribution in [2.24, 2.45) is 5.10 Å². The number of thiophene rings is 1. The van der Waals surface area contributed by atoms with Crippen molar-refractivity contribution in [3.63, 3.8) is 0 Å². The van der Waals surface area contributed by atoms with Crippen molar-refractivity contribution >= 4 is 33.9 Å². The molecular weight excluding hydrogens is 386 g/mol. The highest BCUT2D eigenvalue weighted by atomic mass is 32.1. The van der Waals surface area contributed by atoms with E-state index in [1.165, 1.54) is 16.2 Å². The number of ether oxygens (including phenoxy) is 1. The molecule has 2 aromatic rings. The third-order valence-corrected chi connectivity index (χ3v) is 5.83. The number of hydrogen-bond acceptors (Lipinski definition) is 5. The lowest BCUT2D eigenvalue weighted by Gasteiger charge is -2.09. The number of para-hydroxylation sites is 1. The van der Waals surface area contributed by atoms with Gasteiger partial charge in [-0.25, -0.2) is 5.43 Å². The summed E-state index contributed by atoms with van der Waals surface area (Å²) in [6, 6.07) is 9.40. The van der Waals surface area contributed by atoms with Crippen molar-refractivity contribution in [2.75, 3.05) is 11.9 Å². The first-order valence-electron chi connectivity index (χ1n) is 9.98. The van der Waals surface area contributed by atoms with E-state index in [2.05, 4.69) is 15.8 Å². The van der Waals surface area contributed by atoms with Crippen molar-refractivity contribution < 1.29 is 14.3 Å². The Bertz CT molecular complexity index is 886. The van der Waals surface area contributed by atoms with Gasteiger partial charge in [0.2, 0.25) is 5.91 Å².